The second kappa shape index (κ2) is 6.76. The van der Waals surface area contributed by atoms with Gasteiger partial charge in [0.25, 0.3) is 5.56 Å². The lowest BCUT2D eigenvalue weighted by molar-refractivity contribution is 0.123. The van der Waals surface area contributed by atoms with E-state index in [1.165, 1.54) is 0 Å². The molecule has 0 spiro atoms. The van der Waals surface area contributed by atoms with Crippen molar-refractivity contribution in [2.75, 3.05) is 45.1 Å². The SMILES string of the molecule is CC(CNc1nc2c(cnn2C(C)(C)C)c(=O)[nH]1)N1CCN(C)CC1. The predicted octanol–water partition coefficient (Wildman–Crippen LogP) is 0.922. The highest BCUT2D eigenvalue weighted by atomic mass is 16.1. The molecule has 138 valence electrons. The normalized spacial score (nSPS) is 18.6. The van der Waals surface area contributed by atoms with Crippen molar-refractivity contribution in [2.45, 2.75) is 39.3 Å². The standard InChI is InChI=1S/C17H29N7O/c1-12(23-8-6-22(5)7-9-23)10-18-16-20-14-13(15(25)21-16)11-19-24(14)17(2,3)4/h11-12H,6-10H2,1-5H3,(H2,18,20,21,25). The number of likely N-dealkylation sites (N-methyl/N-ethyl adjacent to an activating group) is 1. The number of hydrogen-bond donors (Lipinski definition) is 2. The molecule has 25 heavy (non-hydrogen) atoms. The van der Waals surface area contributed by atoms with Gasteiger partial charge in [-0.2, -0.15) is 10.1 Å². The highest BCUT2D eigenvalue weighted by Crippen LogP contribution is 2.18. The average molecular weight is 347 g/mol. The summed E-state index contributed by atoms with van der Waals surface area (Å²) in [5.74, 6) is 0.504. The molecule has 0 radical (unpaired) electrons. The van der Waals surface area contributed by atoms with Gasteiger partial charge in [-0.1, -0.05) is 0 Å². The minimum absolute atomic E-state index is 0.157. The molecule has 1 unspecified atom stereocenters. The van der Waals surface area contributed by atoms with E-state index in [4.69, 9.17) is 0 Å². The maximum absolute atomic E-state index is 12.3. The zero-order chi connectivity index (χ0) is 18.2. The fraction of sp³-hybridized carbons (Fsp3) is 0.706. The van der Waals surface area contributed by atoms with Gasteiger partial charge in [-0.25, -0.2) is 4.68 Å². The minimum atomic E-state index is -0.229. The Bertz CT molecular complexity index is 780. The quantitative estimate of drug-likeness (QED) is 0.856. The Labute approximate surface area is 148 Å². The predicted molar refractivity (Wildman–Crippen MR) is 100 cm³/mol. The number of rotatable bonds is 4. The van der Waals surface area contributed by atoms with E-state index < -0.39 is 0 Å². The summed E-state index contributed by atoms with van der Waals surface area (Å²) in [7, 11) is 2.16. The molecular formula is C17H29N7O. The molecule has 0 saturated carbocycles. The van der Waals surface area contributed by atoms with Crippen LogP contribution in [0, 0.1) is 0 Å². The highest BCUT2D eigenvalue weighted by Gasteiger charge is 2.21. The van der Waals surface area contributed by atoms with E-state index >= 15 is 0 Å². The van der Waals surface area contributed by atoms with Crippen LogP contribution in [0.15, 0.2) is 11.0 Å². The molecule has 2 aromatic heterocycles. The third-order valence-corrected chi connectivity index (χ3v) is 4.80. The largest absolute Gasteiger partial charge is 0.354 e. The van der Waals surface area contributed by atoms with E-state index in [1.54, 1.807) is 10.9 Å². The molecule has 3 rings (SSSR count). The smallest absolute Gasteiger partial charge is 0.263 e. The molecule has 1 saturated heterocycles. The van der Waals surface area contributed by atoms with Crippen LogP contribution in [0.25, 0.3) is 11.0 Å². The molecule has 0 bridgehead atoms. The number of nitrogens with one attached hydrogen (secondary N) is 2. The van der Waals surface area contributed by atoms with Crippen molar-refractivity contribution in [2.24, 2.45) is 0 Å². The minimum Gasteiger partial charge on any atom is -0.354 e. The Morgan fingerprint density at radius 3 is 2.60 bits per heavy atom. The first-order chi connectivity index (χ1) is 11.8. The van der Waals surface area contributed by atoms with Crippen LogP contribution in [0.3, 0.4) is 0 Å². The number of anilines is 1. The fourth-order valence-electron chi connectivity index (χ4n) is 3.13. The second-order valence-electron chi connectivity index (χ2n) is 7.95. The molecule has 0 aliphatic carbocycles. The van der Waals surface area contributed by atoms with Gasteiger partial charge in [-0.05, 0) is 34.7 Å². The van der Waals surface area contributed by atoms with Crippen LogP contribution in [0.4, 0.5) is 5.95 Å². The van der Waals surface area contributed by atoms with Gasteiger partial charge in [0, 0.05) is 38.8 Å². The fourth-order valence-corrected chi connectivity index (χ4v) is 3.13. The molecule has 2 N–H and O–H groups in total. The van der Waals surface area contributed by atoms with Gasteiger partial charge in [-0.3, -0.25) is 14.7 Å². The maximum Gasteiger partial charge on any atom is 0.263 e. The second-order valence-corrected chi connectivity index (χ2v) is 7.95. The summed E-state index contributed by atoms with van der Waals surface area (Å²) in [6.45, 7) is 13.4. The summed E-state index contributed by atoms with van der Waals surface area (Å²) in [5.41, 5.74) is 0.230. The van der Waals surface area contributed by atoms with Crippen LogP contribution in [0.2, 0.25) is 0 Å². The number of aromatic amines is 1. The van der Waals surface area contributed by atoms with Crippen LogP contribution in [0.5, 0.6) is 0 Å². The van der Waals surface area contributed by atoms with Crippen molar-refractivity contribution in [1.29, 1.82) is 0 Å². The molecule has 1 aliphatic heterocycles. The Morgan fingerprint density at radius 1 is 1.28 bits per heavy atom. The van der Waals surface area contributed by atoms with Crippen molar-refractivity contribution in [3.8, 4) is 0 Å². The lowest BCUT2D eigenvalue weighted by atomic mass is 10.1. The lowest BCUT2D eigenvalue weighted by Crippen LogP contribution is -2.50. The third kappa shape index (κ3) is 3.85. The summed E-state index contributed by atoms with van der Waals surface area (Å²) in [5, 5.41) is 8.15. The first kappa shape index (κ1) is 17.9. The Kier molecular flexibility index (Phi) is 4.83. The molecule has 1 fully saturated rings. The molecule has 2 aromatic rings. The zero-order valence-electron chi connectivity index (χ0n) is 15.8. The molecule has 0 aromatic carbocycles. The maximum atomic E-state index is 12.3. The van der Waals surface area contributed by atoms with Crippen molar-refractivity contribution >= 4 is 17.0 Å². The molecule has 8 heteroatoms. The average Bonchev–Trinajstić information content (AvgIpc) is 2.98. The molecule has 1 aliphatic rings. The zero-order valence-corrected chi connectivity index (χ0v) is 15.8. The summed E-state index contributed by atoms with van der Waals surface area (Å²) in [6, 6.07) is 0.377. The molecular weight excluding hydrogens is 318 g/mol. The van der Waals surface area contributed by atoms with Gasteiger partial charge < -0.3 is 10.2 Å². The van der Waals surface area contributed by atoms with Crippen LogP contribution < -0.4 is 10.9 Å². The Hall–Kier alpha value is -1.93. The van der Waals surface area contributed by atoms with Gasteiger partial charge in [-0.15, -0.1) is 0 Å². The number of nitrogens with zero attached hydrogens (tertiary/aromatic N) is 5. The van der Waals surface area contributed by atoms with E-state index in [2.05, 4.69) is 44.2 Å². The first-order valence-electron chi connectivity index (χ1n) is 8.90. The van der Waals surface area contributed by atoms with E-state index in [0.717, 1.165) is 32.7 Å². The van der Waals surface area contributed by atoms with E-state index in [9.17, 15) is 4.79 Å². The van der Waals surface area contributed by atoms with Crippen molar-refractivity contribution in [3.05, 3.63) is 16.6 Å². The van der Waals surface area contributed by atoms with Gasteiger partial charge in [0.05, 0.1) is 11.7 Å². The lowest BCUT2D eigenvalue weighted by Gasteiger charge is -2.36. The van der Waals surface area contributed by atoms with E-state index in [-0.39, 0.29) is 11.1 Å². The van der Waals surface area contributed by atoms with Gasteiger partial charge in [0.15, 0.2) is 5.65 Å². The van der Waals surface area contributed by atoms with Gasteiger partial charge in [0.2, 0.25) is 5.95 Å². The Morgan fingerprint density at radius 2 is 1.96 bits per heavy atom. The molecule has 0 amide bonds. The number of piperazine rings is 1. The number of aromatic nitrogens is 4. The summed E-state index contributed by atoms with van der Waals surface area (Å²) in [6.07, 6.45) is 1.59. The topological polar surface area (TPSA) is 82.1 Å². The van der Waals surface area contributed by atoms with Crippen molar-refractivity contribution in [1.82, 2.24) is 29.5 Å². The van der Waals surface area contributed by atoms with Crippen molar-refractivity contribution < 1.29 is 0 Å². The monoisotopic (exact) mass is 347 g/mol. The number of fused-ring (bicyclic) bond motifs is 1. The molecule has 3 heterocycles. The van der Waals surface area contributed by atoms with Crippen LogP contribution in [0.1, 0.15) is 27.7 Å². The van der Waals surface area contributed by atoms with Crippen LogP contribution in [-0.2, 0) is 5.54 Å². The number of H-pyrrole nitrogens is 1. The molecule has 1 atom stereocenters. The van der Waals surface area contributed by atoms with Crippen LogP contribution >= 0.6 is 0 Å². The van der Waals surface area contributed by atoms with Gasteiger partial charge in [0.1, 0.15) is 5.39 Å². The summed E-state index contributed by atoms with van der Waals surface area (Å²) in [4.78, 5) is 24.5. The van der Waals surface area contributed by atoms with Crippen molar-refractivity contribution in [3.63, 3.8) is 0 Å². The van der Waals surface area contributed by atoms with E-state index in [0.29, 0.717) is 23.0 Å². The van der Waals surface area contributed by atoms with Crippen LogP contribution in [-0.4, -0.2) is 75.4 Å². The van der Waals surface area contributed by atoms with E-state index in [1.807, 2.05) is 20.8 Å². The summed E-state index contributed by atoms with van der Waals surface area (Å²) < 4.78 is 1.80. The molecule has 8 nitrogen and oxygen atoms in total. The summed E-state index contributed by atoms with van der Waals surface area (Å²) >= 11 is 0. The van der Waals surface area contributed by atoms with Gasteiger partial charge >= 0.3 is 0 Å². The highest BCUT2D eigenvalue weighted by molar-refractivity contribution is 5.74. The number of hydrogen-bond acceptors (Lipinski definition) is 6. The third-order valence-electron chi connectivity index (χ3n) is 4.80. The first-order valence-corrected chi connectivity index (χ1v) is 8.90. The Balaban J connectivity index is 1.74.